The summed E-state index contributed by atoms with van der Waals surface area (Å²) in [4.78, 5) is 0. The lowest BCUT2D eigenvalue weighted by atomic mass is 9.85. The molecular formula is C38H20Cl2O2. The summed E-state index contributed by atoms with van der Waals surface area (Å²) in [7, 11) is 0. The monoisotopic (exact) mass is 578 g/mol. The van der Waals surface area contributed by atoms with Crippen molar-refractivity contribution in [2.45, 2.75) is 0 Å². The Morgan fingerprint density at radius 2 is 1.12 bits per heavy atom. The van der Waals surface area contributed by atoms with Gasteiger partial charge in [-0.3, -0.25) is 0 Å². The second-order valence-corrected chi connectivity index (χ2v) is 11.5. The van der Waals surface area contributed by atoms with Crippen LogP contribution in [-0.4, -0.2) is 0 Å². The standard InChI is InChI=1S/C38H20Cl2O2/c39-22-16-18-32-30(20-22)23-17-15-21(19-34(23)41-32)35-24-7-1-3-9-26(24)36(27-10-4-2-8-25(27)35)28-11-5-12-29-37-31(40)13-6-14-33(37)42-38(28)29/h1-20H. The Kier molecular flexibility index (Phi) is 5.05. The van der Waals surface area contributed by atoms with E-state index in [0.717, 1.165) is 82.1 Å². The molecule has 42 heavy (non-hydrogen) atoms. The molecule has 0 aliphatic carbocycles. The minimum Gasteiger partial charge on any atom is -0.456 e. The summed E-state index contributed by atoms with van der Waals surface area (Å²) in [5.74, 6) is 0. The Hall–Kier alpha value is -4.76. The van der Waals surface area contributed by atoms with Crippen molar-refractivity contribution in [1.29, 1.82) is 0 Å². The van der Waals surface area contributed by atoms with Crippen molar-refractivity contribution in [2.24, 2.45) is 0 Å². The van der Waals surface area contributed by atoms with Gasteiger partial charge in [-0.15, -0.1) is 0 Å². The molecule has 2 nitrogen and oxygen atoms in total. The maximum Gasteiger partial charge on any atom is 0.143 e. The molecule has 7 aromatic carbocycles. The molecule has 2 heterocycles. The Balaban J connectivity index is 1.39. The highest BCUT2D eigenvalue weighted by molar-refractivity contribution is 6.38. The van der Waals surface area contributed by atoms with Crippen molar-refractivity contribution >= 4 is 88.6 Å². The second-order valence-electron chi connectivity index (χ2n) is 10.7. The summed E-state index contributed by atoms with van der Waals surface area (Å²) in [5.41, 5.74) is 7.75. The topological polar surface area (TPSA) is 26.3 Å². The van der Waals surface area contributed by atoms with Crippen LogP contribution in [-0.2, 0) is 0 Å². The molecule has 9 aromatic rings. The first-order chi connectivity index (χ1) is 20.7. The highest BCUT2D eigenvalue weighted by Gasteiger charge is 2.21. The van der Waals surface area contributed by atoms with E-state index in [1.54, 1.807) is 0 Å². The molecule has 0 aliphatic rings. The first-order valence-electron chi connectivity index (χ1n) is 13.8. The smallest absolute Gasteiger partial charge is 0.143 e. The van der Waals surface area contributed by atoms with Crippen LogP contribution in [0.25, 0.3) is 87.7 Å². The molecule has 0 fully saturated rings. The first-order valence-corrected chi connectivity index (χ1v) is 14.6. The number of halogens is 2. The summed E-state index contributed by atoms with van der Waals surface area (Å²) < 4.78 is 12.8. The molecule has 0 atom stereocenters. The molecule has 0 aliphatic heterocycles. The van der Waals surface area contributed by atoms with Crippen LogP contribution in [0.4, 0.5) is 0 Å². The van der Waals surface area contributed by atoms with Crippen LogP contribution in [0.3, 0.4) is 0 Å². The Labute approximate surface area is 250 Å². The summed E-state index contributed by atoms with van der Waals surface area (Å²) in [5, 5.41) is 10.1. The largest absolute Gasteiger partial charge is 0.456 e. The molecule has 4 heteroatoms. The summed E-state index contributed by atoms with van der Waals surface area (Å²) in [6.45, 7) is 0. The lowest BCUT2D eigenvalue weighted by molar-refractivity contribution is 0.669. The summed E-state index contributed by atoms with van der Waals surface area (Å²) >= 11 is 13.0. The van der Waals surface area contributed by atoms with Gasteiger partial charge in [0.2, 0.25) is 0 Å². The average Bonchev–Trinajstić information content (AvgIpc) is 3.58. The molecule has 0 amide bonds. The minimum absolute atomic E-state index is 0.691. The van der Waals surface area contributed by atoms with Crippen LogP contribution in [0.1, 0.15) is 0 Å². The normalized spacial score (nSPS) is 12.0. The Bertz CT molecular complexity index is 2500. The predicted molar refractivity (Wildman–Crippen MR) is 177 cm³/mol. The molecular weight excluding hydrogens is 559 g/mol. The molecule has 0 radical (unpaired) electrons. The molecule has 2 aromatic heterocycles. The molecule has 0 saturated heterocycles. The van der Waals surface area contributed by atoms with E-state index in [9.17, 15) is 0 Å². The van der Waals surface area contributed by atoms with E-state index in [0.29, 0.717) is 10.0 Å². The minimum atomic E-state index is 0.691. The van der Waals surface area contributed by atoms with Crippen molar-refractivity contribution in [1.82, 2.24) is 0 Å². The average molecular weight is 579 g/mol. The molecule has 0 N–H and O–H groups in total. The SMILES string of the molecule is Clc1ccc2oc3cc(-c4c5ccccc5c(-c5cccc6c5oc5cccc(Cl)c56)c5ccccc45)ccc3c2c1. The van der Waals surface area contributed by atoms with Crippen LogP contribution in [0.2, 0.25) is 10.0 Å². The zero-order valence-corrected chi connectivity index (χ0v) is 23.6. The number of fused-ring (bicyclic) bond motifs is 8. The van der Waals surface area contributed by atoms with Gasteiger partial charge in [0, 0.05) is 37.7 Å². The Morgan fingerprint density at radius 3 is 1.88 bits per heavy atom. The van der Waals surface area contributed by atoms with E-state index in [-0.39, 0.29) is 0 Å². The van der Waals surface area contributed by atoms with Crippen LogP contribution in [0.15, 0.2) is 130 Å². The fourth-order valence-corrected chi connectivity index (χ4v) is 7.08. The molecule has 0 unspecified atom stereocenters. The summed E-state index contributed by atoms with van der Waals surface area (Å²) in [6, 6.07) is 41.6. The van der Waals surface area contributed by atoms with E-state index in [4.69, 9.17) is 32.0 Å². The van der Waals surface area contributed by atoms with Gasteiger partial charge in [0.1, 0.15) is 22.3 Å². The van der Waals surface area contributed by atoms with Gasteiger partial charge in [0.15, 0.2) is 0 Å². The van der Waals surface area contributed by atoms with E-state index < -0.39 is 0 Å². The van der Waals surface area contributed by atoms with Gasteiger partial charge in [-0.1, -0.05) is 102 Å². The van der Waals surface area contributed by atoms with E-state index >= 15 is 0 Å². The van der Waals surface area contributed by atoms with Gasteiger partial charge in [-0.05, 0) is 75.1 Å². The number of rotatable bonds is 2. The number of benzene rings is 7. The molecule has 0 saturated carbocycles. The number of hydrogen-bond donors (Lipinski definition) is 0. The van der Waals surface area contributed by atoms with Gasteiger partial charge in [0.25, 0.3) is 0 Å². The van der Waals surface area contributed by atoms with Crippen LogP contribution >= 0.6 is 23.2 Å². The Morgan fingerprint density at radius 1 is 0.429 bits per heavy atom. The molecule has 9 rings (SSSR count). The molecule has 0 bridgehead atoms. The van der Waals surface area contributed by atoms with E-state index in [1.807, 2.05) is 36.4 Å². The second kappa shape index (κ2) is 8.87. The molecule has 0 spiro atoms. The van der Waals surface area contributed by atoms with Gasteiger partial charge in [-0.25, -0.2) is 0 Å². The van der Waals surface area contributed by atoms with Gasteiger partial charge in [0.05, 0.1) is 5.02 Å². The van der Waals surface area contributed by atoms with Crippen LogP contribution in [0.5, 0.6) is 0 Å². The van der Waals surface area contributed by atoms with Gasteiger partial charge in [-0.2, -0.15) is 0 Å². The lowest BCUT2D eigenvalue weighted by Crippen LogP contribution is -1.91. The maximum absolute atomic E-state index is 6.66. The fraction of sp³-hybridized carbons (Fsp3) is 0. The van der Waals surface area contributed by atoms with Crippen LogP contribution in [0, 0.1) is 0 Å². The number of hydrogen-bond acceptors (Lipinski definition) is 2. The lowest BCUT2D eigenvalue weighted by Gasteiger charge is -2.17. The van der Waals surface area contributed by atoms with Gasteiger partial charge < -0.3 is 8.83 Å². The van der Waals surface area contributed by atoms with Gasteiger partial charge >= 0.3 is 0 Å². The zero-order chi connectivity index (χ0) is 27.9. The predicted octanol–water partition coefficient (Wildman–Crippen LogP) is 12.4. The number of furan rings is 2. The quantitative estimate of drug-likeness (QED) is 0.191. The molecule has 198 valence electrons. The third-order valence-corrected chi connectivity index (χ3v) is 8.94. The van der Waals surface area contributed by atoms with E-state index in [2.05, 4.69) is 84.9 Å². The van der Waals surface area contributed by atoms with Crippen molar-refractivity contribution in [2.75, 3.05) is 0 Å². The van der Waals surface area contributed by atoms with E-state index in [1.165, 1.54) is 5.56 Å². The zero-order valence-electron chi connectivity index (χ0n) is 22.1. The number of para-hydroxylation sites is 1. The van der Waals surface area contributed by atoms with Crippen molar-refractivity contribution < 1.29 is 8.83 Å². The highest BCUT2D eigenvalue weighted by atomic mass is 35.5. The summed E-state index contributed by atoms with van der Waals surface area (Å²) in [6.07, 6.45) is 0. The third-order valence-electron chi connectivity index (χ3n) is 8.39. The van der Waals surface area contributed by atoms with Crippen molar-refractivity contribution in [3.05, 3.63) is 131 Å². The van der Waals surface area contributed by atoms with Crippen molar-refractivity contribution in [3.8, 4) is 22.3 Å². The fourth-order valence-electron chi connectivity index (χ4n) is 6.64. The van der Waals surface area contributed by atoms with Crippen LogP contribution < -0.4 is 0 Å². The maximum atomic E-state index is 6.66. The highest BCUT2D eigenvalue weighted by Crippen LogP contribution is 2.47. The third kappa shape index (κ3) is 3.34. The first kappa shape index (κ1) is 23.9. The van der Waals surface area contributed by atoms with Crippen molar-refractivity contribution in [3.63, 3.8) is 0 Å².